The van der Waals surface area contributed by atoms with Gasteiger partial charge < -0.3 is 10.0 Å². The first-order valence-electron chi connectivity index (χ1n) is 6.27. The van der Waals surface area contributed by atoms with Crippen LogP contribution >= 0.6 is 0 Å². The van der Waals surface area contributed by atoms with Crippen molar-refractivity contribution in [1.29, 1.82) is 0 Å². The van der Waals surface area contributed by atoms with E-state index >= 15 is 0 Å². The molecule has 7 heteroatoms. The van der Waals surface area contributed by atoms with E-state index < -0.39 is 28.5 Å². The molecule has 2 aromatic carbocycles. The Labute approximate surface area is 127 Å². The number of benzene rings is 2. The highest BCUT2D eigenvalue weighted by molar-refractivity contribution is 7.85. The smallest absolute Gasteiger partial charge is 0.335 e. The number of anilines is 1. The Hall–Kier alpha value is -2.54. The van der Waals surface area contributed by atoms with E-state index in [1.807, 2.05) is 0 Å². The molecule has 1 aliphatic rings. The Morgan fingerprint density at radius 2 is 1.86 bits per heavy atom. The number of aromatic carboxylic acids is 1. The molecule has 0 aromatic heterocycles. The monoisotopic (exact) mass is 319 g/mol. The Bertz CT molecular complexity index is 849. The third-order valence-electron chi connectivity index (χ3n) is 3.44. The van der Waals surface area contributed by atoms with Crippen molar-refractivity contribution in [1.82, 2.24) is 0 Å². The number of carboxylic acid groups (broad SMARTS) is 1. The van der Waals surface area contributed by atoms with E-state index in [0.717, 1.165) is 12.1 Å². The van der Waals surface area contributed by atoms with Gasteiger partial charge in [0.15, 0.2) is 0 Å². The van der Waals surface area contributed by atoms with Gasteiger partial charge in [0.05, 0.1) is 37.4 Å². The van der Waals surface area contributed by atoms with E-state index in [0.29, 0.717) is 4.90 Å². The fraction of sp³-hybridized carbons (Fsp3) is 0.0667. The molecule has 22 heavy (non-hydrogen) atoms. The maximum Gasteiger partial charge on any atom is 0.335 e. The molecule has 112 valence electrons. The van der Waals surface area contributed by atoms with Crippen molar-refractivity contribution in [2.45, 2.75) is 9.79 Å². The summed E-state index contributed by atoms with van der Waals surface area (Å²) in [6.07, 6.45) is 0. The fourth-order valence-corrected chi connectivity index (χ4v) is 3.66. The maximum absolute atomic E-state index is 13.4. The van der Waals surface area contributed by atoms with Crippen molar-refractivity contribution < 1.29 is 23.3 Å². The maximum atomic E-state index is 13.4. The van der Waals surface area contributed by atoms with E-state index in [-0.39, 0.29) is 21.7 Å². The molecule has 0 radical (unpaired) electrons. The number of rotatable bonds is 1. The minimum atomic E-state index is -1.70. The zero-order valence-corrected chi connectivity index (χ0v) is 12.2. The molecule has 0 bridgehead atoms. The SMILES string of the molecule is CN1C(=O)c2cc(F)ccc2S(=O)c2ccc(C(=O)O)cc21. The van der Waals surface area contributed by atoms with Crippen LogP contribution in [0.3, 0.4) is 0 Å². The van der Waals surface area contributed by atoms with Crippen molar-refractivity contribution in [3.63, 3.8) is 0 Å². The lowest BCUT2D eigenvalue weighted by Gasteiger charge is -2.17. The first-order chi connectivity index (χ1) is 10.4. The van der Waals surface area contributed by atoms with Crippen molar-refractivity contribution in [3.8, 4) is 0 Å². The van der Waals surface area contributed by atoms with Crippen molar-refractivity contribution in [3.05, 3.63) is 53.3 Å². The number of carbonyl (C=O) groups is 2. The molecule has 3 rings (SSSR count). The van der Waals surface area contributed by atoms with Crippen LogP contribution in [-0.4, -0.2) is 28.2 Å². The Kier molecular flexibility index (Phi) is 3.29. The van der Waals surface area contributed by atoms with Gasteiger partial charge in [0.25, 0.3) is 5.91 Å². The highest BCUT2D eigenvalue weighted by atomic mass is 32.2. The summed E-state index contributed by atoms with van der Waals surface area (Å²) in [5.41, 5.74) is 0.223. The van der Waals surface area contributed by atoms with Gasteiger partial charge in [0.1, 0.15) is 5.82 Å². The number of hydrogen-bond donors (Lipinski definition) is 1. The van der Waals surface area contributed by atoms with Gasteiger partial charge in [-0.05, 0) is 36.4 Å². The number of hydrogen-bond acceptors (Lipinski definition) is 3. The highest BCUT2D eigenvalue weighted by Gasteiger charge is 2.29. The van der Waals surface area contributed by atoms with Gasteiger partial charge in [-0.25, -0.2) is 13.4 Å². The summed E-state index contributed by atoms with van der Waals surface area (Å²) < 4.78 is 26.1. The second-order valence-electron chi connectivity index (χ2n) is 4.76. The molecule has 1 atom stereocenters. The molecule has 1 aliphatic heterocycles. The summed E-state index contributed by atoms with van der Waals surface area (Å²) in [5.74, 6) is -2.29. The molecule has 0 fully saturated rings. The lowest BCUT2D eigenvalue weighted by atomic mass is 10.1. The Morgan fingerprint density at radius 1 is 1.18 bits per heavy atom. The van der Waals surface area contributed by atoms with Crippen LogP contribution in [0.1, 0.15) is 20.7 Å². The molecule has 1 unspecified atom stereocenters. The lowest BCUT2D eigenvalue weighted by Crippen LogP contribution is -2.26. The van der Waals surface area contributed by atoms with Crippen LogP contribution in [-0.2, 0) is 10.8 Å². The van der Waals surface area contributed by atoms with Crippen LogP contribution in [0.15, 0.2) is 46.2 Å². The van der Waals surface area contributed by atoms with Crippen LogP contribution in [0.5, 0.6) is 0 Å². The van der Waals surface area contributed by atoms with Crippen LogP contribution in [0, 0.1) is 5.82 Å². The molecule has 2 aromatic rings. The number of halogens is 1. The van der Waals surface area contributed by atoms with Crippen molar-refractivity contribution in [2.24, 2.45) is 0 Å². The second kappa shape index (κ2) is 5.03. The molecular formula is C15H10FNO4S. The molecule has 5 nitrogen and oxygen atoms in total. The fourth-order valence-electron chi connectivity index (χ4n) is 2.31. The molecule has 0 aliphatic carbocycles. The van der Waals surface area contributed by atoms with E-state index in [9.17, 15) is 18.2 Å². The summed E-state index contributed by atoms with van der Waals surface area (Å²) in [4.78, 5) is 25.2. The van der Waals surface area contributed by atoms with Crippen molar-refractivity contribution in [2.75, 3.05) is 11.9 Å². The number of carboxylic acids is 1. The van der Waals surface area contributed by atoms with Crippen molar-refractivity contribution >= 4 is 28.4 Å². The summed E-state index contributed by atoms with van der Waals surface area (Å²) in [6.45, 7) is 0. The van der Waals surface area contributed by atoms with Gasteiger partial charge in [-0.3, -0.25) is 4.79 Å². The molecule has 1 amide bonds. The van der Waals surface area contributed by atoms with Gasteiger partial charge in [0.2, 0.25) is 0 Å². The van der Waals surface area contributed by atoms with Gasteiger partial charge in [-0.2, -0.15) is 0 Å². The summed E-state index contributed by atoms with van der Waals surface area (Å²) in [5, 5.41) is 9.06. The Balaban J connectivity index is 2.29. The molecule has 1 heterocycles. The predicted molar refractivity (Wildman–Crippen MR) is 77.2 cm³/mol. The topological polar surface area (TPSA) is 74.7 Å². The predicted octanol–water partition coefficient (Wildman–Crippen LogP) is 2.28. The summed E-state index contributed by atoms with van der Waals surface area (Å²) >= 11 is 0. The number of amides is 1. The summed E-state index contributed by atoms with van der Waals surface area (Å²) in [6, 6.07) is 7.52. The third-order valence-corrected chi connectivity index (χ3v) is 4.94. The van der Waals surface area contributed by atoms with Gasteiger partial charge >= 0.3 is 5.97 Å². The number of nitrogens with zero attached hydrogens (tertiary/aromatic N) is 1. The quantitative estimate of drug-likeness (QED) is 0.875. The highest BCUT2D eigenvalue weighted by Crippen LogP contribution is 2.34. The Morgan fingerprint density at radius 3 is 2.55 bits per heavy atom. The number of carbonyl (C=O) groups excluding carboxylic acids is 1. The summed E-state index contributed by atoms with van der Waals surface area (Å²) in [7, 11) is -0.266. The molecular weight excluding hydrogens is 309 g/mol. The first-order valence-corrected chi connectivity index (χ1v) is 7.42. The van der Waals surface area contributed by atoms with E-state index in [2.05, 4.69) is 0 Å². The second-order valence-corrected chi connectivity index (χ2v) is 6.18. The molecule has 0 spiro atoms. The van der Waals surface area contributed by atoms with Crippen LogP contribution in [0.25, 0.3) is 0 Å². The van der Waals surface area contributed by atoms with Crippen LogP contribution < -0.4 is 4.90 Å². The van der Waals surface area contributed by atoms with E-state index in [4.69, 9.17) is 5.11 Å². The van der Waals surface area contributed by atoms with Gasteiger partial charge in [0, 0.05) is 7.05 Å². The lowest BCUT2D eigenvalue weighted by molar-refractivity contribution is 0.0696. The zero-order chi connectivity index (χ0) is 16.0. The minimum absolute atomic E-state index is 0.00825. The normalized spacial score (nSPS) is 16.7. The number of fused-ring (bicyclic) bond motifs is 2. The van der Waals surface area contributed by atoms with E-state index in [1.54, 1.807) is 0 Å². The van der Waals surface area contributed by atoms with Crippen LogP contribution in [0.4, 0.5) is 10.1 Å². The minimum Gasteiger partial charge on any atom is -0.478 e. The average molecular weight is 319 g/mol. The van der Waals surface area contributed by atoms with E-state index in [1.165, 1.54) is 36.2 Å². The standard InChI is InChI=1S/C15H10FNO4S/c1-17-11-6-8(15(19)20)2-4-13(11)22(21)12-5-3-9(16)7-10(12)14(17)18/h2-7H,1H3,(H,19,20). The molecule has 0 saturated heterocycles. The zero-order valence-electron chi connectivity index (χ0n) is 11.4. The van der Waals surface area contributed by atoms with Gasteiger partial charge in [-0.15, -0.1) is 0 Å². The largest absolute Gasteiger partial charge is 0.478 e. The molecule has 1 N–H and O–H groups in total. The third kappa shape index (κ3) is 2.10. The average Bonchev–Trinajstić information content (AvgIpc) is 2.58. The molecule has 0 saturated carbocycles. The first kappa shape index (κ1) is 14.4. The van der Waals surface area contributed by atoms with Gasteiger partial charge in [-0.1, -0.05) is 0 Å². The van der Waals surface area contributed by atoms with Crippen LogP contribution in [0.2, 0.25) is 0 Å².